The highest BCUT2D eigenvalue weighted by Gasteiger charge is 2.28. The van der Waals surface area contributed by atoms with Gasteiger partial charge in [0, 0.05) is 13.5 Å². The molecule has 0 fully saturated rings. The van der Waals surface area contributed by atoms with Crippen LogP contribution in [-0.2, 0) is 35.2 Å². The number of ether oxygens (including phenoxy) is 3. The Labute approximate surface area is 195 Å². The van der Waals surface area contributed by atoms with Crippen molar-refractivity contribution in [2.75, 3.05) is 13.6 Å². The lowest BCUT2D eigenvalue weighted by atomic mass is 10.1. The van der Waals surface area contributed by atoms with E-state index in [-0.39, 0.29) is 31.9 Å². The van der Waals surface area contributed by atoms with Gasteiger partial charge in [-0.25, -0.2) is 9.59 Å². The highest BCUT2D eigenvalue weighted by Crippen LogP contribution is 2.13. The van der Waals surface area contributed by atoms with Crippen molar-refractivity contribution in [1.29, 1.82) is 0 Å². The van der Waals surface area contributed by atoms with Crippen molar-refractivity contribution < 1.29 is 33.4 Å². The molecule has 0 saturated heterocycles. The Balaban J connectivity index is 2.69. The average Bonchev–Trinajstić information content (AvgIpc) is 2.67. The lowest BCUT2D eigenvalue weighted by Gasteiger charge is -2.25. The van der Waals surface area contributed by atoms with Gasteiger partial charge in [0.2, 0.25) is 5.91 Å². The van der Waals surface area contributed by atoms with Crippen molar-refractivity contribution in [1.82, 2.24) is 10.2 Å². The minimum atomic E-state index is -1.09. The summed E-state index contributed by atoms with van der Waals surface area (Å²) in [4.78, 5) is 50.5. The van der Waals surface area contributed by atoms with Gasteiger partial charge in [0.25, 0.3) is 0 Å². The minimum Gasteiger partial charge on any atom is -0.459 e. The Hall–Kier alpha value is -3.10. The zero-order valence-corrected chi connectivity index (χ0v) is 20.6. The number of esters is 2. The molecule has 0 bridgehead atoms. The number of hydrogen-bond acceptors (Lipinski definition) is 7. The van der Waals surface area contributed by atoms with E-state index in [9.17, 15) is 19.2 Å². The zero-order valence-electron chi connectivity index (χ0n) is 20.6. The second-order valence-corrected chi connectivity index (χ2v) is 9.67. The van der Waals surface area contributed by atoms with Gasteiger partial charge in [-0.3, -0.25) is 9.59 Å². The van der Waals surface area contributed by atoms with Gasteiger partial charge in [-0.15, -0.1) is 0 Å². The maximum atomic E-state index is 12.6. The first-order chi connectivity index (χ1) is 15.2. The Kier molecular flexibility index (Phi) is 10.3. The van der Waals surface area contributed by atoms with E-state index < -0.39 is 35.3 Å². The molecule has 2 amide bonds. The van der Waals surface area contributed by atoms with E-state index in [4.69, 9.17) is 14.2 Å². The van der Waals surface area contributed by atoms with E-state index in [1.807, 2.05) is 18.2 Å². The first-order valence-electron chi connectivity index (χ1n) is 10.8. The van der Waals surface area contributed by atoms with Crippen molar-refractivity contribution in [3.8, 4) is 0 Å². The fraction of sp³-hybridized carbons (Fsp3) is 0.583. The number of benzene rings is 1. The second kappa shape index (κ2) is 12.2. The smallest absolute Gasteiger partial charge is 0.408 e. The number of amides is 2. The quantitative estimate of drug-likeness (QED) is 0.441. The Bertz CT molecular complexity index is 810. The van der Waals surface area contributed by atoms with Gasteiger partial charge in [0.15, 0.2) is 0 Å². The molecule has 0 radical (unpaired) electrons. The molecule has 1 rings (SSSR count). The molecule has 0 aliphatic carbocycles. The molecule has 0 spiro atoms. The van der Waals surface area contributed by atoms with E-state index in [2.05, 4.69) is 5.32 Å². The van der Waals surface area contributed by atoms with Crippen LogP contribution in [0.4, 0.5) is 4.79 Å². The summed E-state index contributed by atoms with van der Waals surface area (Å²) in [6.07, 6.45) is -0.918. The summed E-state index contributed by atoms with van der Waals surface area (Å²) in [5.74, 6) is -1.60. The van der Waals surface area contributed by atoms with E-state index >= 15 is 0 Å². The highest BCUT2D eigenvalue weighted by atomic mass is 16.6. The van der Waals surface area contributed by atoms with E-state index in [1.54, 1.807) is 53.7 Å². The summed E-state index contributed by atoms with van der Waals surface area (Å²) in [6, 6.07) is 8.00. The van der Waals surface area contributed by atoms with Gasteiger partial charge in [-0.1, -0.05) is 30.3 Å². The van der Waals surface area contributed by atoms with Crippen molar-refractivity contribution >= 4 is 23.9 Å². The monoisotopic (exact) mass is 464 g/mol. The van der Waals surface area contributed by atoms with Gasteiger partial charge >= 0.3 is 18.0 Å². The van der Waals surface area contributed by atoms with Crippen LogP contribution in [0, 0.1) is 0 Å². The predicted molar refractivity (Wildman–Crippen MR) is 122 cm³/mol. The van der Waals surface area contributed by atoms with Gasteiger partial charge in [-0.05, 0) is 53.5 Å². The molecule has 33 heavy (non-hydrogen) atoms. The largest absolute Gasteiger partial charge is 0.459 e. The van der Waals surface area contributed by atoms with Crippen LogP contribution in [0.25, 0.3) is 0 Å². The average molecular weight is 465 g/mol. The van der Waals surface area contributed by atoms with Crippen LogP contribution >= 0.6 is 0 Å². The maximum Gasteiger partial charge on any atom is 0.408 e. The number of alkyl carbamates (subject to hydrolysis) is 1. The number of carbonyl (C=O) groups excluding carboxylic acids is 4. The van der Waals surface area contributed by atoms with Crippen LogP contribution in [0.1, 0.15) is 59.9 Å². The van der Waals surface area contributed by atoms with E-state index in [0.29, 0.717) is 0 Å². The third-order valence-electron chi connectivity index (χ3n) is 4.06. The number of rotatable bonds is 9. The van der Waals surface area contributed by atoms with Crippen molar-refractivity contribution in [3.63, 3.8) is 0 Å². The number of hydrogen-bond donors (Lipinski definition) is 1. The molecule has 0 unspecified atom stereocenters. The summed E-state index contributed by atoms with van der Waals surface area (Å²) in [7, 11) is 1.47. The molecule has 1 N–H and O–H groups in total. The summed E-state index contributed by atoms with van der Waals surface area (Å²) in [6.45, 7) is 10.1. The number of likely N-dealkylation sites (N-methyl/N-ethyl adjacent to an activating group) is 1. The minimum absolute atomic E-state index is 0.0210. The van der Waals surface area contributed by atoms with E-state index in [0.717, 1.165) is 5.56 Å². The molecule has 9 nitrogen and oxygen atoms in total. The molecule has 0 aromatic heterocycles. The Morgan fingerprint density at radius 2 is 1.52 bits per heavy atom. The highest BCUT2D eigenvalue weighted by molar-refractivity contribution is 5.84. The van der Waals surface area contributed by atoms with E-state index in [1.165, 1.54) is 11.9 Å². The lowest BCUT2D eigenvalue weighted by Crippen LogP contribution is -2.45. The molecule has 1 aromatic carbocycles. The summed E-state index contributed by atoms with van der Waals surface area (Å²) < 4.78 is 15.8. The summed E-state index contributed by atoms with van der Waals surface area (Å²) in [5.41, 5.74) is -0.643. The van der Waals surface area contributed by atoms with Crippen LogP contribution in [0.3, 0.4) is 0 Å². The van der Waals surface area contributed by atoms with Crippen molar-refractivity contribution in [2.45, 2.75) is 78.2 Å². The van der Waals surface area contributed by atoms with Crippen molar-refractivity contribution in [3.05, 3.63) is 35.9 Å². The molecule has 1 atom stereocenters. The molecular formula is C24H36N2O7. The number of nitrogens with zero attached hydrogens (tertiary/aromatic N) is 1. The second-order valence-electron chi connectivity index (χ2n) is 9.67. The molecule has 1 aromatic rings. The van der Waals surface area contributed by atoms with Crippen LogP contribution < -0.4 is 5.32 Å². The van der Waals surface area contributed by atoms with Gasteiger partial charge in [0.05, 0.1) is 0 Å². The SMILES string of the molecule is CN(CC(=O)OC(C)(C)C)C(=O)CC[C@H](NC(=O)OCc1ccccc1)C(=O)OC(C)(C)C. The van der Waals surface area contributed by atoms with Crippen molar-refractivity contribution in [2.24, 2.45) is 0 Å². The third kappa shape index (κ3) is 12.5. The lowest BCUT2D eigenvalue weighted by molar-refractivity contribution is -0.159. The fourth-order valence-electron chi connectivity index (χ4n) is 2.64. The predicted octanol–water partition coefficient (Wildman–Crippen LogP) is 3.20. The summed E-state index contributed by atoms with van der Waals surface area (Å²) >= 11 is 0. The molecule has 0 aliphatic rings. The third-order valence-corrected chi connectivity index (χ3v) is 4.06. The van der Waals surface area contributed by atoms with Crippen LogP contribution in [0.5, 0.6) is 0 Å². The molecular weight excluding hydrogens is 428 g/mol. The Morgan fingerprint density at radius 3 is 2.06 bits per heavy atom. The topological polar surface area (TPSA) is 111 Å². The standard InChI is InChI=1S/C24H36N2O7/c1-23(2,3)32-20(28)15-26(7)19(27)14-13-18(21(29)33-24(4,5)6)25-22(30)31-16-17-11-9-8-10-12-17/h8-12,18H,13-16H2,1-7H3,(H,25,30)/t18-/m0/s1. The van der Waals surface area contributed by atoms with Gasteiger partial charge < -0.3 is 24.4 Å². The van der Waals surface area contributed by atoms with Crippen LogP contribution in [0.2, 0.25) is 0 Å². The first kappa shape index (κ1) is 27.9. The van der Waals surface area contributed by atoms with Crippen LogP contribution in [0.15, 0.2) is 30.3 Å². The number of nitrogens with one attached hydrogen (secondary N) is 1. The summed E-state index contributed by atoms with van der Waals surface area (Å²) in [5, 5.41) is 2.48. The molecule has 0 aliphatic heterocycles. The molecule has 9 heteroatoms. The fourth-order valence-corrected chi connectivity index (χ4v) is 2.64. The first-order valence-corrected chi connectivity index (χ1v) is 10.8. The maximum absolute atomic E-state index is 12.6. The zero-order chi connectivity index (χ0) is 25.2. The van der Waals surface area contributed by atoms with Crippen LogP contribution in [-0.4, -0.2) is 59.7 Å². The molecule has 184 valence electrons. The normalized spacial score (nSPS) is 12.3. The molecule has 0 saturated carbocycles. The number of carbonyl (C=O) groups is 4. The van der Waals surface area contributed by atoms with Gasteiger partial charge in [-0.2, -0.15) is 0 Å². The Morgan fingerprint density at radius 1 is 0.939 bits per heavy atom. The molecule has 0 heterocycles. The van der Waals surface area contributed by atoms with Gasteiger partial charge in [0.1, 0.15) is 30.4 Å².